The van der Waals surface area contributed by atoms with Crippen molar-refractivity contribution in [2.75, 3.05) is 29.4 Å². The number of ketones is 1. The minimum Gasteiger partial charge on any atom is -0.480 e. The highest BCUT2D eigenvalue weighted by Crippen LogP contribution is 2.45. The fourth-order valence-electron chi connectivity index (χ4n) is 4.07. The summed E-state index contributed by atoms with van der Waals surface area (Å²) in [6, 6.07) is 3.14. The molecule has 1 aliphatic carbocycles. The average molecular weight is 361 g/mol. The van der Waals surface area contributed by atoms with E-state index in [2.05, 4.69) is 0 Å². The maximum Gasteiger partial charge on any atom is 0.319 e. The van der Waals surface area contributed by atoms with Crippen molar-refractivity contribution in [1.82, 2.24) is 0 Å². The van der Waals surface area contributed by atoms with Crippen LogP contribution in [-0.2, 0) is 4.79 Å². The van der Waals surface area contributed by atoms with Gasteiger partial charge in [0.25, 0.3) is 0 Å². The molecule has 1 aromatic rings. The summed E-state index contributed by atoms with van der Waals surface area (Å²) in [5, 5.41) is 9.60. The molecule has 3 unspecified atom stereocenters. The van der Waals surface area contributed by atoms with Gasteiger partial charge in [0.2, 0.25) is 0 Å². The Morgan fingerprint density at radius 3 is 2.54 bits per heavy atom. The Balaban J connectivity index is 1.80. The average Bonchev–Trinajstić information content (AvgIpc) is 3.37. The van der Waals surface area contributed by atoms with Crippen LogP contribution >= 0.6 is 0 Å². The molecule has 2 aliphatic heterocycles. The number of hydrogen-bond donors (Lipinski definition) is 2. The summed E-state index contributed by atoms with van der Waals surface area (Å²) in [5.74, 6) is -1.91. The number of Topliss-reactive ketones (excluding diaryl/α,β-unsaturated/α-hetero) is 1. The third kappa shape index (κ3) is 2.48. The lowest BCUT2D eigenvalue weighted by Gasteiger charge is -2.40. The Morgan fingerprint density at radius 1 is 1.31 bits per heavy atom. The minimum atomic E-state index is -1.55. The van der Waals surface area contributed by atoms with E-state index in [1.54, 1.807) is 6.07 Å². The van der Waals surface area contributed by atoms with Crippen LogP contribution in [0.15, 0.2) is 12.1 Å². The van der Waals surface area contributed by atoms with Gasteiger partial charge in [-0.05, 0) is 37.8 Å². The first-order valence-corrected chi connectivity index (χ1v) is 9.11. The topological polar surface area (TPSA) is 86.9 Å². The maximum absolute atomic E-state index is 14.9. The molecule has 2 heterocycles. The highest BCUT2D eigenvalue weighted by molar-refractivity contribution is 6.16. The van der Waals surface area contributed by atoms with Gasteiger partial charge in [0.05, 0.1) is 11.4 Å². The largest absolute Gasteiger partial charge is 0.480 e. The molecule has 0 radical (unpaired) electrons. The van der Waals surface area contributed by atoms with Crippen LogP contribution in [0, 0.1) is 17.2 Å². The van der Waals surface area contributed by atoms with Crippen molar-refractivity contribution >= 4 is 23.1 Å². The second kappa shape index (κ2) is 5.67. The number of fused-ring (bicyclic) bond motifs is 1. The molecule has 0 spiro atoms. The molecule has 2 fully saturated rings. The van der Waals surface area contributed by atoms with Gasteiger partial charge in [0, 0.05) is 37.3 Å². The number of rotatable bonds is 3. The number of halogens is 1. The fraction of sp³-hybridized carbons (Fsp3) is 0.579. The second-order valence-electron chi connectivity index (χ2n) is 8.19. The second-order valence-corrected chi connectivity index (χ2v) is 8.19. The summed E-state index contributed by atoms with van der Waals surface area (Å²) in [4.78, 5) is 28.5. The van der Waals surface area contributed by atoms with E-state index in [1.807, 2.05) is 16.7 Å². The van der Waals surface area contributed by atoms with Gasteiger partial charge in [-0.15, -0.1) is 0 Å². The molecule has 3 N–H and O–H groups in total. The van der Waals surface area contributed by atoms with Crippen molar-refractivity contribution in [1.29, 1.82) is 0 Å². The van der Waals surface area contributed by atoms with E-state index in [-0.39, 0.29) is 30.1 Å². The van der Waals surface area contributed by atoms with Crippen LogP contribution in [0.25, 0.3) is 0 Å². The van der Waals surface area contributed by atoms with Crippen LogP contribution in [-0.4, -0.2) is 48.6 Å². The lowest BCUT2D eigenvalue weighted by atomic mass is 9.77. The van der Waals surface area contributed by atoms with E-state index >= 15 is 0 Å². The molecular formula is C19H24FN3O3. The van der Waals surface area contributed by atoms with Gasteiger partial charge in [0.1, 0.15) is 11.2 Å². The number of nitrogens with zero attached hydrogens (tertiary/aromatic N) is 2. The molecule has 6 nitrogen and oxygen atoms in total. The Kier molecular flexibility index (Phi) is 3.77. The van der Waals surface area contributed by atoms with Crippen LogP contribution < -0.4 is 15.5 Å². The number of carboxylic acids is 1. The number of carbonyl (C=O) groups is 2. The highest BCUT2D eigenvalue weighted by Gasteiger charge is 2.51. The number of nitrogens with two attached hydrogens (primary N) is 1. The van der Waals surface area contributed by atoms with E-state index in [9.17, 15) is 19.1 Å². The smallest absolute Gasteiger partial charge is 0.319 e. The van der Waals surface area contributed by atoms with E-state index in [1.165, 1.54) is 13.0 Å². The van der Waals surface area contributed by atoms with Gasteiger partial charge in [-0.1, -0.05) is 6.92 Å². The third-order valence-corrected chi connectivity index (χ3v) is 6.08. The number of carbonyl (C=O) groups excluding carboxylic acids is 1. The standard InChI is InChI=1S/C19H24FN3O3/c1-10-7-22(8-14(10)21)16-6-15-12(5-13(16)20)17(24)19(2,18(25)26)9-23(15)11-3-4-11/h5-6,10-11,14H,3-4,7-9,21H2,1-2H3,(H,25,26). The molecule has 0 aromatic heterocycles. The number of benzene rings is 1. The summed E-state index contributed by atoms with van der Waals surface area (Å²) < 4.78 is 14.9. The summed E-state index contributed by atoms with van der Waals surface area (Å²) in [5.41, 5.74) is 5.80. The molecule has 1 saturated heterocycles. The van der Waals surface area contributed by atoms with E-state index in [4.69, 9.17) is 5.73 Å². The predicted molar refractivity (Wildman–Crippen MR) is 96.2 cm³/mol. The van der Waals surface area contributed by atoms with Crippen molar-refractivity contribution < 1.29 is 19.1 Å². The first kappa shape index (κ1) is 17.3. The summed E-state index contributed by atoms with van der Waals surface area (Å²) >= 11 is 0. The molecule has 1 saturated carbocycles. The van der Waals surface area contributed by atoms with Gasteiger partial charge >= 0.3 is 5.97 Å². The van der Waals surface area contributed by atoms with Crippen molar-refractivity contribution in [3.05, 3.63) is 23.5 Å². The van der Waals surface area contributed by atoms with Crippen LogP contribution in [0.2, 0.25) is 0 Å². The molecule has 1 aromatic carbocycles. The first-order valence-electron chi connectivity index (χ1n) is 9.11. The van der Waals surface area contributed by atoms with Crippen LogP contribution in [0.1, 0.15) is 37.0 Å². The SMILES string of the molecule is CC1CN(c2cc3c(cc2F)C(=O)C(C)(C(=O)O)CN3C2CC2)CC1N. The molecular weight excluding hydrogens is 337 g/mol. The van der Waals surface area contributed by atoms with Crippen molar-refractivity contribution in [2.45, 2.75) is 38.8 Å². The minimum absolute atomic E-state index is 0.0121. The number of hydrogen-bond acceptors (Lipinski definition) is 5. The normalized spacial score (nSPS) is 31.3. The molecule has 140 valence electrons. The molecule has 3 aliphatic rings. The van der Waals surface area contributed by atoms with Gasteiger partial charge in [-0.25, -0.2) is 4.39 Å². The van der Waals surface area contributed by atoms with Gasteiger partial charge in [-0.3, -0.25) is 9.59 Å². The van der Waals surface area contributed by atoms with E-state index < -0.39 is 23.0 Å². The summed E-state index contributed by atoms with van der Waals surface area (Å²) in [6.07, 6.45) is 1.92. The van der Waals surface area contributed by atoms with Crippen molar-refractivity contribution in [2.24, 2.45) is 17.1 Å². The van der Waals surface area contributed by atoms with Crippen LogP contribution in [0.3, 0.4) is 0 Å². The third-order valence-electron chi connectivity index (χ3n) is 6.08. The Labute approximate surface area is 151 Å². The van der Waals surface area contributed by atoms with Crippen molar-refractivity contribution in [3.8, 4) is 0 Å². The zero-order valence-corrected chi connectivity index (χ0v) is 15.0. The monoisotopic (exact) mass is 361 g/mol. The molecule has 0 bridgehead atoms. The molecule has 4 rings (SSSR count). The van der Waals surface area contributed by atoms with Gasteiger partial charge in [0.15, 0.2) is 5.78 Å². The first-order chi connectivity index (χ1) is 12.2. The molecule has 7 heteroatoms. The molecule has 26 heavy (non-hydrogen) atoms. The Bertz CT molecular complexity index is 784. The van der Waals surface area contributed by atoms with Crippen LogP contribution in [0.5, 0.6) is 0 Å². The zero-order valence-electron chi connectivity index (χ0n) is 15.0. The van der Waals surface area contributed by atoms with E-state index in [0.29, 0.717) is 24.5 Å². The highest BCUT2D eigenvalue weighted by atomic mass is 19.1. The summed E-state index contributed by atoms with van der Waals surface area (Å²) in [7, 11) is 0. The van der Waals surface area contributed by atoms with Gasteiger partial charge in [-0.2, -0.15) is 0 Å². The summed E-state index contributed by atoms with van der Waals surface area (Å²) in [6.45, 7) is 4.84. The Hall–Kier alpha value is -2.15. The predicted octanol–water partition coefficient (Wildman–Crippen LogP) is 1.87. The number of aliphatic carboxylic acids is 1. The van der Waals surface area contributed by atoms with E-state index in [0.717, 1.165) is 12.8 Å². The maximum atomic E-state index is 14.9. The quantitative estimate of drug-likeness (QED) is 0.799. The molecule has 3 atom stereocenters. The lowest BCUT2D eigenvalue weighted by Crippen LogP contribution is -2.51. The van der Waals surface area contributed by atoms with Crippen molar-refractivity contribution in [3.63, 3.8) is 0 Å². The molecule has 0 amide bonds. The fourth-order valence-corrected chi connectivity index (χ4v) is 4.07. The van der Waals surface area contributed by atoms with Gasteiger partial charge < -0.3 is 20.6 Å². The lowest BCUT2D eigenvalue weighted by molar-refractivity contribution is -0.144. The van der Waals surface area contributed by atoms with Crippen LogP contribution in [0.4, 0.5) is 15.8 Å². The number of anilines is 2. The Morgan fingerprint density at radius 2 is 2.00 bits per heavy atom. The number of carboxylic acid groups (broad SMARTS) is 1. The zero-order chi connectivity index (χ0) is 18.8.